The van der Waals surface area contributed by atoms with E-state index in [1.807, 2.05) is 11.9 Å². The van der Waals surface area contributed by atoms with Gasteiger partial charge in [0.25, 0.3) is 0 Å². The number of aryl methyl sites for hydroxylation is 1. The van der Waals surface area contributed by atoms with Crippen LogP contribution in [0.15, 0.2) is 24.3 Å². The molecule has 1 unspecified atom stereocenters. The molecule has 2 N–H and O–H groups in total. The number of fused-ring (bicyclic) bond motifs is 1. The number of amides is 1. The Morgan fingerprint density at radius 2 is 1.93 bits per heavy atom. The van der Waals surface area contributed by atoms with Gasteiger partial charge in [0.2, 0.25) is 5.91 Å². The minimum atomic E-state index is 0.151. The van der Waals surface area contributed by atoms with Crippen molar-refractivity contribution in [2.24, 2.45) is 5.92 Å². The van der Waals surface area contributed by atoms with Crippen LogP contribution in [0.2, 0.25) is 0 Å². The van der Waals surface area contributed by atoms with E-state index in [9.17, 15) is 4.79 Å². The van der Waals surface area contributed by atoms with Gasteiger partial charge in [0, 0.05) is 12.7 Å². The predicted molar refractivity (Wildman–Crippen MR) is 111 cm³/mol. The van der Waals surface area contributed by atoms with Gasteiger partial charge in [-0.05, 0) is 74.2 Å². The van der Waals surface area contributed by atoms with Crippen LogP contribution in [0.25, 0.3) is 0 Å². The summed E-state index contributed by atoms with van der Waals surface area (Å²) in [6.45, 7) is 2.86. The van der Waals surface area contributed by atoms with Crippen molar-refractivity contribution in [3.63, 3.8) is 0 Å². The van der Waals surface area contributed by atoms with Gasteiger partial charge >= 0.3 is 0 Å². The molecule has 28 heavy (non-hydrogen) atoms. The summed E-state index contributed by atoms with van der Waals surface area (Å²) in [6, 6.07) is 8.61. The fourth-order valence-corrected chi connectivity index (χ4v) is 4.49. The number of rotatable bonds is 6. The lowest BCUT2D eigenvalue weighted by atomic mass is 9.97. The van der Waals surface area contributed by atoms with Crippen molar-refractivity contribution >= 4 is 5.91 Å². The second-order valence-electron chi connectivity index (χ2n) is 8.49. The lowest BCUT2D eigenvalue weighted by molar-refractivity contribution is -0.129. The molecule has 1 fully saturated rings. The Kier molecular flexibility index (Phi) is 6.10. The molecule has 1 aliphatic heterocycles. The maximum absolute atomic E-state index is 12.7. The van der Waals surface area contributed by atoms with Gasteiger partial charge in [-0.15, -0.1) is 0 Å². The summed E-state index contributed by atoms with van der Waals surface area (Å²) in [6.07, 6.45) is 8.76. The molecule has 1 aliphatic carbocycles. The van der Waals surface area contributed by atoms with E-state index in [-0.39, 0.29) is 5.91 Å². The molecule has 0 spiro atoms. The summed E-state index contributed by atoms with van der Waals surface area (Å²) < 4.78 is 0. The number of likely N-dealkylation sites (N-methyl/N-ethyl adjacent to an activating group) is 1. The molecule has 1 amide bonds. The molecule has 1 aromatic carbocycles. The van der Waals surface area contributed by atoms with E-state index in [0.29, 0.717) is 13.0 Å². The van der Waals surface area contributed by atoms with Crippen molar-refractivity contribution in [1.82, 2.24) is 20.4 Å². The molecule has 5 heteroatoms. The second kappa shape index (κ2) is 8.91. The van der Waals surface area contributed by atoms with Gasteiger partial charge in [-0.2, -0.15) is 5.10 Å². The molecule has 0 radical (unpaired) electrons. The van der Waals surface area contributed by atoms with Crippen LogP contribution in [0.4, 0.5) is 0 Å². The fraction of sp³-hybridized carbons (Fsp3) is 0.565. The van der Waals surface area contributed by atoms with Crippen LogP contribution >= 0.6 is 0 Å². The average molecular weight is 381 g/mol. The first-order chi connectivity index (χ1) is 13.7. The van der Waals surface area contributed by atoms with E-state index in [4.69, 9.17) is 0 Å². The lowest BCUT2D eigenvalue weighted by Crippen LogP contribution is -2.28. The van der Waals surface area contributed by atoms with Crippen molar-refractivity contribution in [3.05, 3.63) is 52.3 Å². The molecular formula is C23H32N4O. The maximum Gasteiger partial charge on any atom is 0.227 e. The molecule has 5 nitrogen and oxygen atoms in total. The highest BCUT2D eigenvalue weighted by molar-refractivity contribution is 5.78. The van der Waals surface area contributed by atoms with Crippen LogP contribution in [0.3, 0.4) is 0 Å². The van der Waals surface area contributed by atoms with Crippen LogP contribution in [0, 0.1) is 5.92 Å². The molecular weight excluding hydrogens is 348 g/mol. The first kappa shape index (κ1) is 19.2. The van der Waals surface area contributed by atoms with Crippen molar-refractivity contribution in [1.29, 1.82) is 0 Å². The van der Waals surface area contributed by atoms with Gasteiger partial charge in [-0.25, -0.2) is 0 Å². The summed E-state index contributed by atoms with van der Waals surface area (Å²) in [5, 5.41) is 11.1. The van der Waals surface area contributed by atoms with E-state index in [0.717, 1.165) is 49.5 Å². The van der Waals surface area contributed by atoms with Crippen LogP contribution in [0.5, 0.6) is 0 Å². The van der Waals surface area contributed by atoms with E-state index in [1.54, 1.807) is 0 Å². The zero-order chi connectivity index (χ0) is 19.3. The molecule has 1 saturated heterocycles. The van der Waals surface area contributed by atoms with E-state index in [2.05, 4.69) is 39.8 Å². The average Bonchev–Trinajstić information content (AvgIpc) is 3.27. The molecule has 0 saturated carbocycles. The molecule has 150 valence electrons. The third-order valence-electron chi connectivity index (χ3n) is 6.27. The Morgan fingerprint density at radius 1 is 1.14 bits per heavy atom. The summed E-state index contributed by atoms with van der Waals surface area (Å²) in [4.78, 5) is 14.5. The third kappa shape index (κ3) is 4.64. The summed E-state index contributed by atoms with van der Waals surface area (Å²) in [5.41, 5.74) is 6.14. The summed E-state index contributed by atoms with van der Waals surface area (Å²) in [7, 11) is 1.89. The first-order valence-corrected chi connectivity index (χ1v) is 10.8. The quantitative estimate of drug-likeness (QED) is 0.758. The van der Waals surface area contributed by atoms with E-state index >= 15 is 0 Å². The third-order valence-corrected chi connectivity index (χ3v) is 6.27. The number of nitrogens with one attached hydrogen (secondary N) is 2. The Labute approximate surface area is 167 Å². The number of H-pyrrole nitrogens is 1. The van der Waals surface area contributed by atoms with E-state index < -0.39 is 0 Å². The Balaban J connectivity index is 1.32. The number of carbonyl (C=O) groups excluding carboxylic acids is 1. The smallest absolute Gasteiger partial charge is 0.227 e. The summed E-state index contributed by atoms with van der Waals surface area (Å²) >= 11 is 0. The maximum atomic E-state index is 12.7. The number of hydrogen-bond donors (Lipinski definition) is 2. The predicted octanol–water partition coefficient (Wildman–Crippen LogP) is 3.03. The highest BCUT2D eigenvalue weighted by Gasteiger charge is 2.19. The number of benzene rings is 1. The van der Waals surface area contributed by atoms with Gasteiger partial charge in [0.15, 0.2) is 0 Å². The number of nitrogens with zero attached hydrogens (tertiary/aromatic N) is 2. The molecule has 0 bridgehead atoms. The molecule has 2 aliphatic rings. The monoisotopic (exact) mass is 380 g/mol. The van der Waals surface area contributed by atoms with Gasteiger partial charge in [-0.3, -0.25) is 9.89 Å². The Hall–Kier alpha value is -2.14. The standard InChI is InChI=1S/C23H32N4O/c1-27(16-22-20-5-3-2-4-6-21(20)25-26-22)23(28)14-18-9-7-17(8-10-18)13-19-11-12-24-15-19/h7-10,19,24H,2-6,11-16H2,1H3,(H,25,26). The first-order valence-electron chi connectivity index (χ1n) is 10.8. The van der Waals surface area contributed by atoms with E-state index in [1.165, 1.54) is 42.5 Å². The zero-order valence-electron chi connectivity index (χ0n) is 17.0. The van der Waals surface area contributed by atoms with Gasteiger partial charge in [0.05, 0.1) is 18.7 Å². The van der Waals surface area contributed by atoms with Gasteiger partial charge in [0.1, 0.15) is 0 Å². The largest absolute Gasteiger partial charge is 0.339 e. The minimum Gasteiger partial charge on any atom is -0.339 e. The fourth-order valence-electron chi connectivity index (χ4n) is 4.49. The van der Waals surface area contributed by atoms with Gasteiger partial charge < -0.3 is 10.2 Å². The summed E-state index contributed by atoms with van der Waals surface area (Å²) in [5.74, 6) is 0.903. The van der Waals surface area contributed by atoms with Crippen molar-refractivity contribution < 1.29 is 4.79 Å². The van der Waals surface area contributed by atoms with Gasteiger partial charge in [-0.1, -0.05) is 30.7 Å². The molecule has 1 atom stereocenters. The van der Waals surface area contributed by atoms with Crippen LogP contribution in [-0.2, 0) is 37.0 Å². The van der Waals surface area contributed by atoms with Crippen molar-refractivity contribution in [3.8, 4) is 0 Å². The second-order valence-corrected chi connectivity index (χ2v) is 8.49. The number of aromatic nitrogens is 2. The molecule has 2 aromatic rings. The normalized spacial score (nSPS) is 19.2. The van der Waals surface area contributed by atoms with Crippen LogP contribution < -0.4 is 5.32 Å². The highest BCUT2D eigenvalue weighted by Crippen LogP contribution is 2.22. The highest BCUT2D eigenvalue weighted by atomic mass is 16.2. The topological polar surface area (TPSA) is 61.0 Å². The molecule has 4 rings (SSSR count). The zero-order valence-corrected chi connectivity index (χ0v) is 17.0. The van der Waals surface area contributed by atoms with Crippen LogP contribution in [-0.4, -0.2) is 41.1 Å². The molecule has 2 heterocycles. The number of aromatic amines is 1. The number of carbonyl (C=O) groups is 1. The number of hydrogen-bond acceptors (Lipinski definition) is 3. The van der Waals surface area contributed by atoms with Crippen molar-refractivity contribution in [2.45, 2.75) is 57.9 Å². The van der Waals surface area contributed by atoms with Crippen LogP contribution in [0.1, 0.15) is 53.8 Å². The Morgan fingerprint density at radius 3 is 2.71 bits per heavy atom. The van der Waals surface area contributed by atoms with Crippen molar-refractivity contribution in [2.75, 3.05) is 20.1 Å². The minimum absolute atomic E-state index is 0.151. The Bertz CT molecular complexity index is 789. The SMILES string of the molecule is CN(Cc1n[nH]c2c1CCCCC2)C(=O)Cc1ccc(CC2CCNC2)cc1. The lowest BCUT2D eigenvalue weighted by Gasteiger charge is -2.17. The molecule has 1 aromatic heterocycles.